The molecule has 0 saturated carbocycles. The first kappa shape index (κ1) is 28.7. The number of amides is 1. The molecule has 202 valence electrons. The molecule has 1 heterocycles. The summed E-state index contributed by atoms with van der Waals surface area (Å²) in [5, 5.41) is 5.30. The van der Waals surface area contributed by atoms with Crippen molar-refractivity contribution in [3.8, 4) is 5.69 Å². The highest BCUT2D eigenvalue weighted by Crippen LogP contribution is 2.32. The van der Waals surface area contributed by atoms with Gasteiger partial charge in [0.2, 0.25) is 0 Å². The molecule has 3 aromatic carbocycles. The van der Waals surface area contributed by atoms with Crippen LogP contribution in [-0.2, 0) is 14.8 Å². The van der Waals surface area contributed by atoms with E-state index in [1.165, 1.54) is 24.4 Å². The molecule has 0 fully saturated rings. The highest BCUT2D eigenvalue weighted by atomic mass is 35.5. The third kappa shape index (κ3) is 6.15. The minimum atomic E-state index is -4.08. The third-order valence-electron chi connectivity index (χ3n) is 6.09. The van der Waals surface area contributed by atoms with Gasteiger partial charge in [-0.3, -0.25) is 9.10 Å². The maximum atomic E-state index is 13.5. The fourth-order valence-electron chi connectivity index (χ4n) is 4.16. The zero-order valence-electron chi connectivity index (χ0n) is 21.3. The van der Waals surface area contributed by atoms with Gasteiger partial charge in [-0.15, -0.1) is 0 Å². The second-order valence-corrected chi connectivity index (χ2v) is 11.9. The van der Waals surface area contributed by atoms with E-state index in [2.05, 4.69) is 10.5 Å². The van der Waals surface area contributed by atoms with Crippen LogP contribution in [0.2, 0.25) is 15.1 Å². The minimum absolute atomic E-state index is 0.0489. The van der Waals surface area contributed by atoms with Gasteiger partial charge in [0.1, 0.15) is 6.54 Å². The Morgan fingerprint density at radius 1 is 0.974 bits per heavy atom. The maximum absolute atomic E-state index is 13.5. The van der Waals surface area contributed by atoms with Crippen LogP contribution in [-0.4, -0.2) is 31.7 Å². The van der Waals surface area contributed by atoms with Gasteiger partial charge in [-0.25, -0.2) is 13.8 Å². The van der Waals surface area contributed by atoms with Crippen molar-refractivity contribution in [1.29, 1.82) is 0 Å². The number of nitrogens with one attached hydrogen (secondary N) is 1. The molecule has 11 heteroatoms. The van der Waals surface area contributed by atoms with E-state index in [4.69, 9.17) is 34.8 Å². The SMILES string of the molecule is Cc1ccc(Cl)cc1N(CC(=O)N/N=C/c1cc(C)n(-c2cccc(Cl)c2Cl)c1C)S(=O)(=O)c1ccccc1. The zero-order chi connectivity index (χ0) is 28.3. The number of rotatable bonds is 8. The number of aryl methyl sites for hydroxylation is 2. The minimum Gasteiger partial charge on any atom is -0.316 e. The number of halogens is 3. The van der Waals surface area contributed by atoms with Gasteiger partial charge in [0.05, 0.1) is 32.5 Å². The molecule has 0 aliphatic carbocycles. The Hall–Kier alpha value is -3.30. The summed E-state index contributed by atoms with van der Waals surface area (Å²) in [5.74, 6) is -0.628. The number of benzene rings is 3. The average molecular weight is 604 g/mol. The standard InChI is InChI=1S/C28H25Cl3N4O3S/c1-18-12-13-22(29)15-26(18)34(39(37,38)23-8-5-4-6-9-23)17-27(36)33-32-16-21-14-19(2)35(20(21)3)25-11-7-10-24(30)28(25)31/h4-16H,17H2,1-3H3,(H,33,36)/b32-16+. The molecule has 0 radical (unpaired) electrons. The molecule has 39 heavy (non-hydrogen) atoms. The van der Waals surface area contributed by atoms with Crippen LogP contribution in [0.3, 0.4) is 0 Å². The number of carbonyl (C=O) groups excluding carboxylic acids is 1. The van der Waals surface area contributed by atoms with E-state index in [1.54, 1.807) is 43.3 Å². The molecule has 4 aromatic rings. The van der Waals surface area contributed by atoms with Gasteiger partial charge in [0.25, 0.3) is 15.9 Å². The van der Waals surface area contributed by atoms with E-state index < -0.39 is 22.5 Å². The summed E-state index contributed by atoms with van der Waals surface area (Å²) in [5.41, 5.74) is 6.56. The lowest BCUT2D eigenvalue weighted by Crippen LogP contribution is -2.40. The fourth-order valence-corrected chi connectivity index (χ4v) is 6.21. The van der Waals surface area contributed by atoms with Crippen LogP contribution in [0, 0.1) is 20.8 Å². The lowest BCUT2D eigenvalue weighted by atomic mass is 10.2. The largest absolute Gasteiger partial charge is 0.316 e. The Morgan fingerprint density at radius 2 is 1.69 bits per heavy atom. The van der Waals surface area contributed by atoms with Gasteiger partial charge in [-0.1, -0.05) is 65.1 Å². The number of hydrazone groups is 1. The van der Waals surface area contributed by atoms with Crippen LogP contribution in [0.1, 0.15) is 22.5 Å². The second-order valence-electron chi connectivity index (χ2n) is 8.78. The summed E-state index contributed by atoms with van der Waals surface area (Å²) in [6.45, 7) is 5.05. The Balaban J connectivity index is 1.59. The lowest BCUT2D eigenvalue weighted by Gasteiger charge is -2.25. The van der Waals surface area contributed by atoms with Crippen molar-refractivity contribution < 1.29 is 13.2 Å². The van der Waals surface area contributed by atoms with Crippen LogP contribution in [0.4, 0.5) is 5.69 Å². The lowest BCUT2D eigenvalue weighted by molar-refractivity contribution is -0.119. The molecule has 0 bridgehead atoms. The van der Waals surface area contributed by atoms with Crippen molar-refractivity contribution >= 4 is 62.6 Å². The summed E-state index contributed by atoms with van der Waals surface area (Å²) in [7, 11) is -4.08. The Bertz CT molecular complexity index is 1670. The summed E-state index contributed by atoms with van der Waals surface area (Å²) in [4.78, 5) is 13.0. The van der Waals surface area contributed by atoms with Gasteiger partial charge in [-0.2, -0.15) is 5.10 Å². The van der Waals surface area contributed by atoms with Crippen molar-refractivity contribution in [3.05, 3.63) is 110 Å². The monoisotopic (exact) mass is 602 g/mol. The number of anilines is 1. The van der Waals surface area contributed by atoms with Crippen LogP contribution in [0.5, 0.6) is 0 Å². The van der Waals surface area contributed by atoms with Crippen LogP contribution in [0.25, 0.3) is 5.69 Å². The molecule has 0 atom stereocenters. The highest BCUT2D eigenvalue weighted by Gasteiger charge is 2.28. The molecule has 1 amide bonds. The first-order valence-electron chi connectivity index (χ1n) is 11.8. The number of aromatic nitrogens is 1. The molecule has 1 N–H and O–H groups in total. The first-order valence-corrected chi connectivity index (χ1v) is 14.4. The molecule has 1 aromatic heterocycles. The van der Waals surface area contributed by atoms with Gasteiger partial charge in [0, 0.05) is 22.0 Å². The van der Waals surface area contributed by atoms with E-state index in [9.17, 15) is 13.2 Å². The number of carbonyl (C=O) groups is 1. The van der Waals surface area contributed by atoms with Gasteiger partial charge in [0.15, 0.2) is 0 Å². The molecule has 0 saturated heterocycles. The maximum Gasteiger partial charge on any atom is 0.264 e. The average Bonchev–Trinajstić information content (AvgIpc) is 3.18. The second kappa shape index (κ2) is 11.8. The Labute approximate surface area is 242 Å². The van der Waals surface area contributed by atoms with Crippen molar-refractivity contribution in [2.24, 2.45) is 5.10 Å². The first-order chi connectivity index (χ1) is 18.5. The van der Waals surface area contributed by atoms with E-state index in [-0.39, 0.29) is 4.90 Å². The smallest absolute Gasteiger partial charge is 0.264 e. The number of nitrogens with zero attached hydrogens (tertiary/aromatic N) is 3. The van der Waals surface area contributed by atoms with E-state index in [0.29, 0.717) is 26.3 Å². The van der Waals surface area contributed by atoms with Crippen molar-refractivity contribution in [2.45, 2.75) is 25.7 Å². The summed E-state index contributed by atoms with van der Waals surface area (Å²) < 4.78 is 30.0. The van der Waals surface area contributed by atoms with E-state index in [1.807, 2.05) is 36.6 Å². The molecule has 0 unspecified atom stereocenters. The molecule has 0 aliphatic heterocycles. The van der Waals surface area contributed by atoms with Crippen LogP contribution >= 0.6 is 34.8 Å². The Morgan fingerprint density at radius 3 is 2.41 bits per heavy atom. The summed E-state index contributed by atoms with van der Waals surface area (Å²) >= 11 is 18.8. The molecular formula is C28H25Cl3N4O3S. The van der Waals surface area contributed by atoms with Crippen LogP contribution in [0.15, 0.2) is 82.8 Å². The molecule has 7 nitrogen and oxygen atoms in total. The van der Waals surface area contributed by atoms with Gasteiger partial charge < -0.3 is 4.57 Å². The van der Waals surface area contributed by atoms with E-state index >= 15 is 0 Å². The van der Waals surface area contributed by atoms with Gasteiger partial charge >= 0.3 is 0 Å². The van der Waals surface area contributed by atoms with Crippen molar-refractivity contribution in [1.82, 2.24) is 9.99 Å². The topological polar surface area (TPSA) is 83.8 Å². The molecule has 0 aliphatic rings. The predicted octanol–water partition coefficient (Wildman–Crippen LogP) is 6.71. The molecule has 4 rings (SSSR count). The quantitative estimate of drug-likeness (QED) is 0.180. The normalized spacial score (nSPS) is 11.6. The number of sulfonamides is 1. The van der Waals surface area contributed by atoms with Crippen LogP contribution < -0.4 is 9.73 Å². The van der Waals surface area contributed by atoms with E-state index in [0.717, 1.165) is 26.9 Å². The summed E-state index contributed by atoms with van der Waals surface area (Å²) in [6.07, 6.45) is 1.50. The predicted molar refractivity (Wildman–Crippen MR) is 158 cm³/mol. The fraction of sp³-hybridized carbons (Fsp3) is 0.143. The highest BCUT2D eigenvalue weighted by molar-refractivity contribution is 7.92. The summed E-state index contributed by atoms with van der Waals surface area (Å²) in [6, 6.07) is 20.0. The molecule has 0 spiro atoms. The third-order valence-corrected chi connectivity index (χ3v) is 8.91. The van der Waals surface area contributed by atoms with Crippen molar-refractivity contribution in [3.63, 3.8) is 0 Å². The zero-order valence-corrected chi connectivity index (χ0v) is 24.4. The molecular weight excluding hydrogens is 579 g/mol. The van der Waals surface area contributed by atoms with Gasteiger partial charge in [-0.05, 0) is 68.8 Å². The number of hydrogen-bond donors (Lipinski definition) is 1. The number of hydrogen-bond acceptors (Lipinski definition) is 4. The Kier molecular flexibility index (Phi) is 8.71. The van der Waals surface area contributed by atoms with Crippen molar-refractivity contribution in [2.75, 3.05) is 10.8 Å².